The molecule has 1 amide bonds. The van der Waals surface area contributed by atoms with E-state index < -0.39 is 0 Å². The molecule has 0 bridgehead atoms. The van der Waals surface area contributed by atoms with E-state index in [1.165, 1.54) is 0 Å². The van der Waals surface area contributed by atoms with E-state index in [0.29, 0.717) is 19.2 Å². The van der Waals surface area contributed by atoms with E-state index in [1.54, 1.807) is 0 Å². The van der Waals surface area contributed by atoms with Crippen molar-refractivity contribution in [2.45, 2.75) is 32.4 Å². The van der Waals surface area contributed by atoms with E-state index >= 15 is 0 Å². The van der Waals surface area contributed by atoms with Gasteiger partial charge in [-0.3, -0.25) is 4.79 Å². The molecule has 4 heteroatoms. The molecule has 2 rings (SSSR count). The molecule has 0 aromatic heterocycles. The van der Waals surface area contributed by atoms with Crippen LogP contribution in [0, 0.1) is 0 Å². The molecule has 0 heterocycles. The van der Waals surface area contributed by atoms with Gasteiger partial charge in [-0.05, 0) is 37.5 Å². The van der Waals surface area contributed by atoms with Gasteiger partial charge >= 0.3 is 0 Å². The molecule has 1 aromatic carbocycles. The third-order valence-electron chi connectivity index (χ3n) is 2.98. The Morgan fingerprint density at radius 3 is 2.89 bits per heavy atom. The Labute approximate surface area is 113 Å². The molecule has 0 saturated heterocycles. The predicted molar refractivity (Wildman–Crippen MR) is 71.9 cm³/mol. The quantitative estimate of drug-likeness (QED) is 0.742. The molecule has 18 heavy (non-hydrogen) atoms. The Bertz CT molecular complexity index is 418. The summed E-state index contributed by atoms with van der Waals surface area (Å²) in [5.74, 6) is 0.923. The van der Waals surface area contributed by atoms with Crippen LogP contribution in [0.15, 0.2) is 24.3 Å². The van der Waals surface area contributed by atoms with Gasteiger partial charge < -0.3 is 9.64 Å². The number of amides is 1. The average molecular weight is 268 g/mol. The Hall–Kier alpha value is -1.22. The van der Waals surface area contributed by atoms with Crippen LogP contribution in [0.3, 0.4) is 0 Å². The highest BCUT2D eigenvalue weighted by Gasteiger charge is 2.31. The summed E-state index contributed by atoms with van der Waals surface area (Å²) in [6.07, 6.45) is 2.18. The fourth-order valence-electron chi connectivity index (χ4n) is 1.98. The number of rotatable bonds is 6. The lowest BCUT2D eigenvalue weighted by molar-refractivity contribution is -0.129. The summed E-state index contributed by atoms with van der Waals surface area (Å²) < 4.78 is 5.46. The molecule has 1 saturated carbocycles. The molecule has 3 nitrogen and oxygen atoms in total. The van der Waals surface area contributed by atoms with Gasteiger partial charge in [-0.25, -0.2) is 0 Å². The zero-order valence-electron chi connectivity index (χ0n) is 10.6. The second-order valence-electron chi connectivity index (χ2n) is 4.47. The van der Waals surface area contributed by atoms with Crippen molar-refractivity contribution in [2.75, 3.05) is 12.5 Å². The largest absolute Gasteiger partial charge is 0.494 e. The Kier molecular flexibility index (Phi) is 4.48. The highest BCUT2D eigenvalue weighted by Crippen LogP contribution is 2.29. The topological polar surface area (TPSA) is 29.5 Å². The van der Waals surface area contributed by atoms with Gasteiger partial charge in [-0.2, -0.15) is 0 Å². The molecule has 1 fully saturated rings. The van der Waals surface area contributed by atoms with Crippen molar-refractivity contribution in [2.24, 2.45) is 0 Å². The molecule has 0 N–H and O–H groups in total. The Balaban J connectivity index is 2.06. The van der Waals surface area contributed by atoms with E-state index in [-0.39, 0.29) is 11.8 Å². The van der Waals surface area contributed by atoms with Crippen LogP contribution in [0.2, 0.25) is 0 Å². The van der Waals surface area contributed by atoms with Crippen LogP contribution in [0.25, 0.3) is 0 Å². The minimum atomic E-state index is 0.0148. The van der Waals surface area contributed by atoms with Crippen LogP contribution < -0.4 is 4.74 Å². The number of hydrogen-bond donors (Lipinski definition) is 0. The van der Waals surface area contributed by atoms with Crippen molar-refractivity contribution in [3.8, 4) is 5.75 Å². The molecule has 1 aliphatic rings. The van der Waals surface area contributed by atoms with E-state index in [4.69, 9.17) is 16.3 Å². The maximum absolute atomic E-state index is 11.8. The zero-order valence-corrected chi connectivity index (χ0v) is 11.3. The van der Waals surface area contributed by atoms with Gasteiger partial charge in [-0.15, -0.1) is 11.6 Å². The third-order valence-corrected chi connectivity index (χ3v) is 3.21. The number of nitrogens with zero attached hydrogens (tertiary/aromatic N) is 1. The summed E-state index contributed by atoms with van der Waals surface area (Å²) in [7, 11) is 0. The normalized spacial score (nSPS) is 14.3. The van der Waals surface area contributed by atoms with Crippen molar-refractivity contribution >= 4 is 17.5 Å². The van der Waals surface area contributed by atoms with Gasteiger partial charge in [0.25, 0.3) is 0 Å². The first kappa shape index (κ1) is 13.2. The molecule has 0 unspecified atom stereocenters. The lowest BCUT2D eigenvalue weighted by Crippen LogP contribution is -2.33. The molecule has 0 spiro atoms. The predicted octanol–water partition coefficient (Wildman–Crippen LogP) is 2.82. The summed E-state index contributed by atoms with van der Waals surface area (Å²) in [5, 5.41) is 0. The fraction of sp³-hybridized carbons (Fsp3) is 0.500. The van der Waals surface area contributed by atoms with Gasteiger partial charge in [-0.1, -0.05) is 12.1 Å². The number of benzene rings is 1. The molecule has 0 aliphatic heterocycles. The van der Waals surface area contributed by atoms with Crippen LogP contribution in [0.4, 0.5) is 0 Å². The van der Waals surface area contributed by atoms with E-state index in [1.807, 2.05) is 36.1 Å². The molecule has 0 atom stereocenters. The minimum Gasteiger partial charge on any atom is -0.494 e. The lowest BCUT2D eigenvalue weighted by Gasteiger charge is -2.21. The summed E-state index contributed by atoms with van der Waals surface area (Å²) in [4.78, 5) is 13.6. The smallest absolute Gasteiger partial charge is 0.238 e. The van der Waals surface area contributed by atoms with Gasteiger partial charge in [0, 0.05) is 12.6 Å². The minimum absolute atomic E-state index is 0.0148. The molecular weight excluding hydrogens is 250 g/mol. The van der Waals surface area contributed by atoms with Gasteiger partial charge in [0.15, 0.2) is 0 Å². The lowest BCUT2D eigenvalue weighted by atomic mass is 10.2. The van der Waals surface area contributed by atoms with Crippen LogP contribution in [-0.2, 0) is 11.3 Å². The fourth-order valence-corrected chi connectivity index (χ4v) is 2.13. The molecule has 98 valence electrons. The van der Waals surface area contributed by atoms with Crippen LogP contribution in [-0.4, -0.2) is 29.3 Å². The van der Waals surface area contributed by atoms with Crippen molar-refractivity contribution < 1.29 is 9.53 Å². The van der Waals surface area contributed by atoms with E-state index in [0.717, 1.165) is 24.2 Å². The highest BCUT2D eigenvalue weighted by atomic mass is 35.5. The Morgan fingerprint density at radius 2 is 2.28 bits per heavy atom. The van der Waals surface area contributed by atoms with Gasteiger partial charge in [0.1, 0.15) is 11.6 Å². The first-order valence-electron chi connectivity index (χ1n) is 6.31. The Morgan fingerprint density at radius 1 is 1.50 bits per heavy atom. The number of halogens is 1. The first-order valence-corrected chi connectivity index (χ1v) is 6.85. The standard InChI is InChI=1S/C14H18ClNO2/c1-2-18-13-5-3-4-11(8-13)10-16(12-6-7-12)14(17)9-15/h3-5,8,12H,2,6-7,9-10H2,1H3. The van der Waals surface area contributed by atoms with E-state index in [9.17, 15) is 4.79 Å². The number of carbonyl (C=O) groups is 1. The second-order valence-corrected chi connectivity index (χ2v) is 4.73. The van der Waals surface area contributed by atoms with Crippen molar-refractivity contribution in [1.82, 2.24) is 4.90 Å². The van der Waals surface area contributed by atoms with Crippen molar-refractivity contribution in [1.29, 1.82) is 0 Å². The molecule has 0 radical (unpaired) electrons. The van der Waals surface area contributed by atoms with Gasteiger partial charge in [0.05, 0.1) is 6.61 Å². The van der Waals surface area contributed by atoms with Crippen LogP contribution in [0.1, 0.15) is 25.3 Å². The third kappa shape index (κ3) is 3.39. The first-order chi connectivity index (χ1) is 8.74. The van der Waals surface area contributed by atoms with Crippen LogP contribution >= 0.6 is 11.6 Å². The van der Waals surface area contributed by atoms with Crippen molar-refractivity contribution in [3.63, 3.8) is 0 Å². The van der Waals surface area contributed by atoms with Crippen molar-refractivity contribution in [3.05, 3.63) is 29.8 Å². The summed E-state index contributed by atoms with van der Waals surface area (Å²) in [6, 6.07) is 8.26. The molecule has 1 aliphatic carbocycles. The molecular formula is C14H18ClNO2. The zero-order chi connectivity index (χ0) is 13.0. The van der Waals surface area contributed by atoms with Gasteiger partial charge in [0.2, 0.25) is 5.91 Å². The average Bonchev–Trinajstić information content (AvgIpc) is 3.20. The molecule has 1 aromatic rings. The second kappa shape index (κ2) is 6.10. The monoisotopic (exact) mass is 267 g/mol. The SMILES string of the molecule is CCOc1cccc(CN(C(=O)CCl)C2CC2)c1. The van der Waals surface area contributed by atoms with Crippen LogP contribution in [0.5, 0.6) is 5.75 Å². The van der Waals surface area contributed by atoms with E-state index in [2.05, 4.69) is 0 Å². The number of alkyl halides is 1. The number of carbonyl (C=O) groups excluding carboxylic acids is 1. The summed E-state index contributed by atoms with van der Waals surface area (Å²) >= 11 is 5.65. The number of hydrogen-bond acceptors (Lipinski definition) is 2. The highest BCUT2D eigenvalue weighted by molar-refractivity contribution is 6.27. The summed E-state index contributed by atoms with van der Waals surface area (Å²) in [5.41, 5.74) is 1.09. The maximum Gasteiger partial charge on any atom is 0.238 e. The number of ether oxygens (including phenoxy) is 1. The summed E-state index contributed by atoms with van der Waals surface area (Å²) in [6.45, 7) is 3.23. The maximum atomic E-state index is 11.8.